The lowest BCUT2D eigenvalue weighted by molar-refractivity contribution is -0.123. The van der Waals surface area contributed by atoms with Crippen molar-refractivity contribution < 1.29 is 4.79 Å². The highest BCUT2D eigenvalue weighted by Crippen LogP contribution is 2.27. The summed E-state index contributed by atoms with van der Waals surface area (Å²) in [5.74, 6) is 1.15. The van der Waals surface area contributed by atoms with E-state index in [1.54, 1.807) is 0 Å². The first-order valence-corrected chi connectivity index (χ1v) is 8.33. The molecule has 1 amide bonds. The van der Waals surface area contributed by atoms with E-state index in [2.05, 4.69) is 24.1 Å². The van der Waals surface area contributed by atoms with E-state index < -0.39 is 0 Å². The molecular weight excluding hydrogens is 250 g/mol. The summed E-state index contributed by atoms with van der Waals surface area (Å²) in [6.07, 6.45) is 6.64. The molecule has 2 saturated heterocycles. The monoisotopic (exact) mass is 281 g/mol. The summed E-state index contributed by atoms with van der Waals surface area (Å²) in [6, 6.07) is 0.967. The smallest absolute Gasteiger partial charge is 0.220 e. The minimum absolute atomic E-state index is 0.207. The van der Waals surface area contributed by atoms with Crippen molar-refractivity contribution in [2.24, 2.45) is 17.6 Å². The number of amides is 1. The summed E-state index contributed by atoms with van der Waals surface area (Å²) in [5, 5.41) is 3.28. The van der Waals surface area contributed by atoms with E-state index in [9.17, 15) is 4.79 Å². The van der Waals surface area contributed by atoms with Gasteiger partial charge in [-0.05, 0) is 50.6 Å². The Bertz CT molecular complexity index is 319. The van der Waals surface area contributed by atoms with Crippen LogP contribution in [0.15, 0.2) is 0 Å². The molecule has 2 rings (SSSR count). The number of carbonyl (C=O) groups excluding carboxylic acids is 1. The zero-order valence-electron chi connectivity index (χ0n) is 13.1. The van der Waals surface area contributed by atoms with Crippen LogP contribution in [0.5, 0.6) is 0 Å². The average Bonchev–Trinajstić information content (AvgIpc) is 2.81. The van der Waals surface area contributed by atoms with Gasteiger partial charge in [0.05, 0.1) is 0 Å². The molecule has 116 valence electrons. The molecule has 0 aliphatic carbocycles. The molecular formula is C16H31N3O. The van der Waals surface area contributed by atoms with Crippen LogP contribution in [0.3, 0.4) is 0 Å². The number of rotatable bonds is 6. The summed E-state index contributed by atoms with van der Waals surface area (Å²) in [5.41, 5.74) is 5.80. The van der Waals surface area contributed by atoms with Gasteiger partial charge >= 0.3 is 0 Å². The van der Waals surface area contributed by atoms with Crippen LogP contribution in [0, 0.1) is 11.8 Å². The van der Waals surface area contributed by atoms with Gasteiger partial charge < -0.3 is 11.1 Å². The lowest BCUT2D eigenvalue weighted by atomic mass is 9.93. The fourth-order valence-corrected chi connectivity index (χ4v) is 3.87. The van der Waals surface area contributed by atoms with Gasteiger partial charge in [-0.1, -0.05) is 20.3 Å². The van der Waals surface area contributed by atoms with Crippen LogP contribution < -0.4 is 11.1 Å². The lowest BCUT2D eigenvalue weighted by Crippen LogP contribution is -2.47. The van der Waals surface area contributed by atoms with Crippen LogP contribution in [0.2, 0.25) is 0 Å². The third kappa shape index (κ3) is 4.19. The van der Waals surface area contributed by atoms with Gasteiger partial charge in [0, 0.05) is 25.0 Å². The molecule has 20 heavy (non-hydrogen) atoms. The van der Waals surface area contributed by atoms with Crippen molar-refractivity contribution >= 4 is 5.91 Å². The summed E-state index contributed by atoms with van der Waals surface area (Å²) in [7, 11) is 0. The van der Waals surface area contributed by atoms with E-state index in [0.29, 0.717) is 36.9 Å². The number of nitrogens with one attached hydrogen (secondary N) is 1. The van der Waals surface area contributed by atoms with Gasteiger partial charge in [-0.25, -0.2) is 0 Å². The molecule has 0 bridgehead atoms. The Hall–Kier alpha value is -0.610. The van der Waals surface area contributed by atoms with Gasteiger partial charge in [-0.2, -0.15) is 0 Å². The molecule has 0 radical (unpaired) electrons. The number of nitrogens with zero attached hydrogens (tertiary/aromatic N) is 1. The fraction of sp³-hybridized carbons (Fsp3) is 0.938. The second-order valence-electron chi connectivity index (χ2n) is 7.00. The zero-order valence-corrected chi connectivity index (χ0v) is 13.1. The standard InChI is InChI=1S/C16H31N3O/c1-12(2)9-13(11-17)10-16(20)18-14-6-8-19-7-4-3-5-15(14)19/h12-15H,3-11,17H2,1-2H3,(H,18,20). The minimum Gasteiger partial charge on any atom is -0.352 e. The quantitative estimate of drug-likeness (QED) is 0.779. The lowest BCUT2D eigenvalue weighted by Gasteiger charge is -2.32. The van der Waals surface area contributed by atoms with E-state index >= 15 is 0 Å². The van der Waals surface area contributed by atoms with Crippen LogP contribution in [0.4, 0.5) is 0 Å². The third-order valence-electron chi connectivity index (χ3n) is 4.81. The number of fused-ring (bicyclic) bond motifs is 1. The van der Waals surface area contributed by atoms with Crippen molar-refractivity contribution in [2.75, 3.05) is 19.6 Å². The Labute approximate surface area is 123 Å². The van der Waals surface area contributed by atoms with E-state index in [0.717, 1.165) is 19.4 Å². The Morgan fingerprint density at radius 1 is 1.30 bits per heavy atom. The van der Waals surface area contributed by atoms with E-state index in [1.807, 2.05) is 0 Å². The molecule has 3 N–H and O–H groups in total. The van der Waals surface area contributed by atoms with Crippen molar-refractivity contribution in [1.29, 1.82) is 0 Å². The Kier molecular flexibility index (Phi) is 5.85. The van der Waals surface area contributed by atoms with E-state index in [1.165, 1.54) is 25.8 Å². The van der Waals surface area contributed by atoms with Gasteiger partial charge in [0.1, 0.15) is 0 Å². The maximum absolute atomic E-state index is 12.2. The van der Waals surface area contributed by atoms with Crippen LogP contribution in [0.25, 0.3) is 0 Å². The first kappa shape index (κ1) is 15.8. The highest BCUT2D eigenvalue weighted by atomic mass is 16.1. The van der Waals surface area contributed by atoms with Crippen molar-refractivity contribution in [1.82, 2.24) is 10.2 Å². The van der Waals surface area contributed by atoms with Crippen LogP contribution >= 0.6 is 0 Å². The van der Waals surface area contributed by atoms with Crippen LogP contribution in [-0.2, 0) is 4.79 Å². The second-order valence-corrected chi connectivity index (χ2v) is 7.00. The Morgan fingerprint density at radius 3 is 2.80 bits per heavy atom. The number of carbonyl (C=O) groups is 1. The maximum atomic E-state index is 12.2. The number of nitrogens with two attached hydrogens (primary N) is 1. The molecule has 4 heteroatoms. The van der Waals surface area contributed by atoms with Gasteiger partial charge in [0.25, 0.3) is 0 Å². The average molecular weight is 281 g/mol. The molecule has 3 atom stereocenters. The SMILES string of the molecule is CC(C)CC(CN)CC(=O)NC1CCN2CCCCC12. The normalized spacial score (nSPS) is 28.4. The van der Waals surface area contributed by atoms with Gasteiger partial charge in [0.2, 0.25) is 5.91 Å². The number of piperidine rings is 1. The maximum Gasteiger partial charge on any atom is 0.220 e. The van der Waals surface area contributed by atoms with E-state index in [4.69, 9.17) is 5.73 Å². The summed E-state index contributed by atoms with van der Waals surface area (Å²) in [4.78, 5) is 14.8. The number of hydrogen-bond donors (Lipinski definition) is 2. The van der Waals surface area contributed by atoms with Gasteiger partial charge in [0.15, 0.2) is 0 Å². The van der Waals surface area contributed by atoms with Crippen molar-refractivity contribution in [3.05, 3.63) is 0 Å². The predicted molar refractivity (Wildman–Crippen MR) is 82.4 cm³/mol. The van der Waals surface area contributed by atoms with Crippen molar-refractivity contribution in [2.45, 2.75) is 64.5 Å². The topological polar surface area (TPSA) is 58.4 Å². The molecule has 0 aromatic carbocycles. The second kappa shape index (κ2) is 7.41. The minimum atomic E-state index is 0.207. The highest BCUT2D eigenvalue weighted by Gasteiger charge is 2.36. The predicted octanol–water partition coefficient (Wildman–Crippen LogP) is 1.74. The number of hydrogen-bond acceptors (Lipinski definition) is 3. The molecule has 4 nitrogen and oxygen atoms in total. The molecule has 0 aromatic rings. The van der Waals surface area contributed by atoms with Gasteiger partial charge in [-0.3, -0.25) is 9.69 Å². The first-order chi connectivity index (χ1) is 9.60. The molecule has 2 heterocycles. The summed E-state index contributed by atoms with van der Waals surface area (Å²) >= 11 is 0. The van der Waals surface area contributed by atoms with E-state index in [-0.39, 0.29) is 5.91 Å². The zero-order chi connectivity index (χ0) is 14.5. The molecule has 2 fully saturated rings. The summed E-state index contributed by atoms with van der Waals surface area (Å²) < 4.78 is 0. The first-order valence-electron chi connectivity index (χ1n) is 8.33. The van der Waals surface area contributed by atoms with Crippen molar-refractivity contribution in [3.63, 3.8) is 0 Å². The summed E-state index contributed by atoms with van der Waals surface area (Å²) in [6.45, 7) is 7.37. The largest absolute Gasteiger partial charge is 0.352 e. The molecule has 2 aliphatic heterocycles. The fourth-order valence-electron chi connectivity index (χ4n) is 3.87. The Balaban J connectivity index is 1.79. The van der Waals surface area contributed by atoms with Crippen molar-refractivity contribution in [3.8, 4) is 0 Å². The van der Waals surface area contributed by atoms with Crippen LogP contribution in [-0.4, -0.2) is 42.5 Å². The third-order valence-corrected chi connectivity index (χ3v) is 4.81. The molecule has 0 spiro atoms. The Morgan fingerprint density at radius 2 is 2.10 bits per heavy atom. The van der Waals surface area contributed by atoms with Gasteiger partial charge in [-0.15, -0.1) is 0 Å². The van der Waals surface area contributed by atoms with Crippen LogP contribution in [0.1, 0.15) is 52.4 Å². The molecule has 3 unspecified atom stereocenters. The molecule has 0 saturated carbocycles. The molecule has 2 aliphatic rings. The molecule has 0 aromatic heterocycles. The highest BCUT2D eigenvalue weighted by molar-refractivity contribution is 5.76.